The van der Waals surface area contributed by atoms with Crippen LogP contribution in [0.5, 0.6) is 0 Å². The van der Waals surface area contributed by atoms with Gasteiger partial charge in [0.15, 0.2) is 0 Å². The van der Waals surface area contributed by atoms with E-state index in [1.54, 1.807) is 6.92 Å². The third kappa shape index (κ3) is 3.09. The first-order valence-corrected chi connectivity index (χ1v) is 3.09. The van der Waals surface area contributed by atoms with Crippen LogP contribution in [-0.4, -0.2) is 25.2 Å². The van der Waals surface area contributed by atoms with Gasteiger partial charge in [-0.05, 0) is 6.92 Å². The summed E-state index contributed by atoms with van der Waals surface area (Å²) < 4.78 is 14.7. The van der Waals surface area contributed by atoms with Crippen LogP contribution in [0.2, 0.25) is 0 Å². The van der Waals surface area contributed by atoms with Gasteiger partial charge in [-0.15, -0.1) is 0 Å². The standard InChI is InChI=1S/C6H10O4.Na.H/c1-5-3-8-6(2,10-5)9-4-7;;/h4-5H,3H2,1-2H3;;/q;+1;-1. The molecule has 4 nitrogen and oxygen atoms in total. The summed E-state index contributed by atoms with van der Waals surface area (Å²) in [5.74, 6) is -1.15. The molecule has 60 valence electrons. The van der Waals surface area contributed by atoms with Crippen LogP contribution in [-0.2, 0) is 19.0 Å². The minimum absolute atomic E-state index is 0. The predicted octanol–water partition coefficient (Wildman–Crippen LogP) is -2.62. The molecule has 1 aliphatic heterocycles. The van der Waals surface area contributed by atoms with Crippen LogP contribution in [0.4, 0.5) is 0 Å². The molecule has 11 heavy (non-hydrogen) atoms. The Labute approximate surface area is 89.0 Å². The molecule has 1 heterocycles. The molecule has 0 amide bonds. The first kappa shape index (κ1) is 11.4. The zero-order valence-electron chi connectivity index (χ0n) is 7.99. The summed E-state index contributed by atoms with van der Waals surface area (Å²) in [5.41, 5.74) is 0. The van der Waals surface area contributed by atoms with Crippen molar-refractivity contribution in [2.75, 3.05) is 6.61 Å². The second-order valence-corrected chi connectivity index (χ2v) is 2.32. The number of hydrogen-bond acceptors (Lipinski definition) is 4. The average molecular weight is 170 g/mol. The van der Waals surface area contributed by atoms with Crippen molar-refractivity contribution >= 4 is 6.47 Å². The molecular formula is C6H11NaO4. The maximum Gasteiger partial charge on any atom is 1.00 e. The van der Waals surface area contributed by atoms with Crippen LogP contribution in [0.3, 0.4) is 0 Å². The molecule has 1 saturated heterocycles. The molecule has 1 fully saturated rings. The van der Waals surface area contributed by atoms with E-state index in [2.05, 4.69) is 4.74 Å². The van der Waals surface area contributed by atoms with E-state index in [1.807, 2.05) is 6.92 Å². The van der Waals surface area contributed by atoms with E-state index < -0.39 is 5.97 Å². The normalized spacial score (nSPS) is 36.0. The summed E-state index contributed by atoms with van der Waals surface area (Å²) in [5, 5.41) is 0. The number of ether oxygens (including phenoxy) is 3. The first-order chi connectivity index (χ1) is 4.66. The molecule has 0 spiro atoms. The molecule has 2 atom stereocenters. The van der Waals surface area contributed by atoms with E-state index in [1.165, 1.54) is 0 Å². The van der Waals surface area contributed by atoms with Gasteiger partial charge in [-0.25, -0.2) is 0 Å². The molecule has 0 aromatic heterocycles. The van der Waals surface area contributed by atoms with E-state index in [9.17, 15) is 4.79 Å². The Bertz CT molecular complexity index is 146. The fourth-order valence-corrected chi connectivity index (χ4v) is 0.851. The van der Waals surface area contributed by atoms with Gasteiger partial charge in [-0.1, -0.05) is 0 Å². The van der Waals surface area contributed by atoms with Gasteiger partial charge in [0, 0.05) is 6.92 Å². The van der Waals surface area contributed by atoms with Gasteiger partial charge in [-0.2, -0.15) is 0 Å². The fraction of sp³-hybridized carbons (Fsp3) is 0.833. The van der Waals surface area contributed by atoms with Gasteiger partial charge in [0.25, 0.3) is 6.47 Å². The molecule has 0 aliphatic carbocycles. The van der Waals surface area contributed by atoms with E-state index in [-0.39, 0.29) is 37.1 Å². The molecule has 0 N–H and O–H groups in total. The van der Waals surface area contributed by atoms with E-state index >= 15 is 0 Å². The Morgan fingerprint density at radius 3 is 2.82 bits per heavy atom. The number of carbonyl (C=O) groups excluding carboxylic acids is 1. The molecule has 2 unspecified atom stereocenters. The van der Waals surface area contributed by atoms with Crippen LogP contribution in [0.1, 0.15) is 15.3 Å². The van der Waals surface area contributed by atoms with Crippen molar-refractivity contribution in [3.63, 3.8) is 0 Å². The molecule has 0 saturated carbocycles. The smallest absolute Gasteiger partial charge is 1.00 e. The van der Waals surface area contributed by atoms with E-state index in [0.717, 1.165) is 0 Å². The van der Waals surface area contributed by atoms with Crippen LogP contribution >= 0.6 is 0 Å². The number of rotatable bonds is 2. The molecule has 1 aliphatic rings. The monoisotopic (exact) mass is 170 g/mol. The van der Waals surface area contributed by atoms with Crippen molar-refractivity contribution in [1.82, 2.24) is 0 Å². The van der Waals surface area contributed by atoms with Gasteiger partial charge >= 0.3 is 35.5 Å². The maximum atomic E-state index is 9.89. The Morgan fingerprint density at radius 1 is 1.82 bits per heavy atom. The van der Waals surface area contributed by atoms with Gasteiger partial charge in [0.2, 0.25) is 0 Å². The summed E-state index contributed by atoms with van der Waals surface area (Å²) in [7, 11) is 0. The molecule has 0 radical (unpaired) electrons. The van der Waals surface area contributed by atoms with Crippen molar-refractivity contribution in [3.8, 4) is 0 Å². The minimum Gasteiger partial charge on any atom is -1.00 e. The van der Waals surface area contributed by atoms with Gasteiger partial charge in [0.1, 0.15) is 0 Å². The number of hydrogen-bond donors (Lipinski definition) is 0. The van der Waals surface area contributed by atoms with E-state index in [4.69, 9.17) is 9.47 Å². The van der Waals surface area contributed by atoms with Crippen LogP contribution in [0.25, 0.3) is 0 Å². The molecule has 0 aromatic rings. The molecule has 1 rings (SSSR count). The van der Waals surface area contributed by atoms with Crippen molar-refractivity contribution in [2.45, 2.75) is 25.9 Å². The average Bonchev–Trinajstić information content (AvgIpc) is 2.12. The Balaban J connectivity index is 0. The Morgan fingerprint density at radius 2 is 2.45 bits per heavy atom. The summed E-state index contributed by atoms with van der Waals surface area (Å²) in [4.78, 5) is 9.89. The third-order valence-corrected chi connectivity index (χ3v) is 1.26. The predicted molar refractivity (Wildman–Crippen MR) is 33.2 cm³/mol. The third-order valence-electron chi connectivity index (χ3n) is 1.26. The quantitative estimate of drug-likeness (QED) is 0.336. The second-order valence-electron chi connectivity index (χ2n) is 2.32. The largest absolute Gasteiger partial charge is 1.00 e. The van der Waals surface area contributed by atoms with Crippen molar-refractivity contribution in [3.05, 3.63) is 0 Å². The van der Waals surface area contributed by atoms with Crippen LogP contribution in [0, 0.1) is 0 Å². The van der Waals surface area contributed by atoms with Gasteiger partial charge < -0.3 is 15.6 Å². The zero-order valence-corrected chi connectivity index (χ0v) is 8.99. The van der Waals surface area contributed by atoms with Gasteiger partial charge in [-0.3, -0.25) is 4.79 Å². The molecule has 0 aromatic carbocycles. The first-order valence-electron chi connectivity index (χ1n) is 3.09. The topological polar surface area (TPSA) is 44.8 Å². The Kier molecular flexibility index (Phi) is 4.58. The molecule has 5 heteroatoms. The maximum absolute atomic E-state index is 9.89. The molecular weight excluding hydrogens is 159 g/mol. The Hall–Kier alpha value is 0.390. The summed E-state index contributed by atoms with van der Waals surface area (Å²) in [6, 6.07) is 0. The summed E-state index contributed by atoms with van der Waals surface area (Å²) in [6.45, 7) is 4.19. The van der Waals surface area contributed by atoms with Crippen molar-refractivity contribution < 1.29 is 50.0 Å². The minimum atomic E-state index is -1.15. The fourth-order valence-electron chi connectivity index (χ4n) is 0.851. The van der Waals surface area contributed by atoms with Crippen LogP contribution in [0.15, 0.2) is 0 Å². The zero-order chi connectivity index (χ0) is 7.61. The molecule has 0 bridgehead atoms. The summed E-state index contributed by atoms with van der Waals surface area (Å²) >= 11 is 0. The SMILES string of the molecule is CC1COC(C)(OC=O)O1.[H-].[Na+]. The van der Waals surface area contributed by atoms with Crippen molar-refractivity contribution in [2.24, 2.45) is 0 Å². The summed E-state index contributed by atoms with van der Waals surface area (Å²) in [6.07, 6.45) is -0.00931. The number of carbonyl (C=O) groups is 1. The van der Waals surface area contributed by atoms with Crippen LogP contribution < -0.4 is 29.6 Å². The van der Waals surface area contributed by atoms with E-state index in [0.29, 0.717) is 13.1 Å². The van der Waals surface area contributed by atoms with Gasteiger partial charge in [0.05, 0.1) is 12.7 Å². The second kappa shape index (κ2) is 4.42. The van der Waals surface area contributed by atoms with Crippen molar-refractivity contribution in [1.29, 1.82) is 0 Å².